The summed E-state index contributed by atoms with van der Waals surface area (Å²) in [6, 6.07) is 8.99. The smallest absolute Gasteiger partial charge is 0.123 e. The first-order valence-corrected chi connectivity index (χ1v) is 9.97. The van der Waals surface area contributed by atoms with Crippen LogP contribution in [0.4, 0.5) is 0 Å². The van der Waals surface area contributed by atoms with E-state index in [1.807, 2.05) is 11.3 Å². The zero-order chi connectivity index (χ0) is 17.1. The summed E-state index contributed by atoms with van der Waals surface area (Å²) in [4.78, 5) is 0. The molecular weight excluding hydrogens is 312 g/mol. The van der Waals surface area contributed by atoms with Crippen molar-refractivity contribution in [2.75, 3.05) is 7.11 Å². The van der Waals surface area contributed by atoms with Gasteiger partial charge in [-0.15, -0.1) is 11.3 Å². The van der Waals surface area contributed by atoms with E-state index in [-0.39, 0.29) is 0 Å². The number of benzene rings is 2. The van der Waals surface area contributed by atoms with Crippen LogP contribution in [0.5, 0.6) is 5.75 Å². The Morgan fingerprint density at radius 1 is 0.833 bits per heavy atom. The van der Waals surface area contributed by atoms with Crippen LogP contribution in [-0.4, -0.2) is 7.11 Å². The van der Waals surface area contributed by atoms with Crippen molar-refractivity contribution >= 4 is 31.5 Å². The molecule has 1 nitrogen and oxygen atoms in total. The third-order valence-corrected chi connectivity index (χ3v) is 6.60. The van der Waals surface area contributed by atoms with Gasteiger partial charge in [-0.1, -0.05) is 44.7 Å². The fraction of sp³-hybridized carbons (Fsp3) is 0.455. The quantitative estimate of drug-likeness (QED) is 0.413. The number of methoxy groups -OCH3 is 1. The van der Waals surface area contributed by atoms with Gasteiger partial charge in [-0.3, -0.25) is 0 Å². The topological polar surface area (TPSA) is 9.23 Å². The lowest BCUT2D eigenvalue weighted by Crippen LogP contribution is -1.90. The molecule has 0 N–H and O–H groups in total. The van der Waals surface area contributed by atoms with Crippen LogP contribution < -0.4 is 4.74 Å². The van der Waals surface area contributed by atoms with E-state index in [9.17, 15) is 0 Å². The first-order valence-electron chi connectivity index (χ1n) is 9.15. The molecule has 0 amide bonds. The molecule has 0 radical (unpaired) electrons. The maximum Gasteiger partial charge on any atom is 0.123 e. The third-order valence-electron chi connectivity index (χ3n) is 5.14. The Balaban J connectivity index is 1.93. The molecule has 0 unspecified atom stereocenters. The summed E-state index contributed by atoms with van der Waals surface area (Å²) in [6.07, 6.45) is 7.94. The van der Waals surface area contributed by atoms with Gasteiger partial charge in [0.25, 0.3) is 0 Å². The Morgan fingerprint density at radius 2 is 1.50 bits per heavy atom. The van der Waals surface area contributed by atoms with Crippen LogP contribution in [0.3, 0.4) is 0 Å². The molecule has 0 fully saturated rings. The van der Waals surface area contributed by atoms with Gasteiger partial charge in [0, 0.05) is 25.7 Å². The number of unbranched alkanes of at least 4 members (excludes halogenated alkanes) is 4. The van der Waals surface area contributed by atoms with Gasteiger partial charge in [-0.25, -0.2) is 0 Å². The zero-order valence-electron chi connectivity index (χ0n) is 15.4. The molecule has 0 atom stereocenters. The van der Waals surface area contributed by atoms with Crippen LogP contribution in [0.1, 0.15) is 55.7 Å². The van der Waals surface area contributed by atoms with Gasteiger partial charge < -0.3 is 4.74 Å². The molecule has 128 valence electrons. The van der Waals surface area contributed by atoms with Gasteiger partial charge >= 0.3 is 0 Å². The molecule has 3 aromatic rings. The normalized spacial score (nSPS) is 11.5. The Morgan fingerprint density at radius 3 is 2.21 bits per heavy atom. The molecule has 3 rings (SSSR count). The van der Waals surface area contributed by atoms with E-state index in [0.717, 1.165) is 5.75 Å². The van der Waals surface area contributed by atoms with Gasteiger partial charge in [0.1, 0.15) is 5.75 Å². The number of ether oxygens (including phenoxy) is 1. The average molecular weight is 341 g/mol. The second-order valence-corrected chi connectivity index (χ2v) is 7.78. The SMILES string of the molecule is CCCCCCCc1ccc2c(sc3c(C)c(OC)ccc32)c1C. The van der Waals surface area contributed by atoms with E-state index < -0.39 is 0 Å². The monoisotopic (exact) mass is 340 g/mol. The van der Waals surface area contributed by atoms with Crippen molar-refractivity contribution in [1.82, 2.24) is 0 Å². The molecule has 0 aliphatic rings. The van der Waals surface area contributed by atoms with Crippen LogP contribution in [0.2, 0.25) is 0 Å². The van der Waals surface area contributed by atoms with E-state index in [0.29, 0.717) is 0 Å². The van der Waals surface area contributed by atoms with E-state index in [2.05, 4.69) is 45.0 Å². The summed E-state index contributed by atoms with van der Waals surface area (Å²) < 4.78 is 8.31. The minimum Gasteiger partial charge on any atom is -0.496 e. The van der Waals surface area contributed by atoms with Gasteiger partial charge in [0.15, 0.2) is 0 Å². The third kappa shape index (κ3) is 3.17. The van der Waals surface area contributed by atoms with Crippen LogP contribution in [0.15, 0.2) is 24.3 Å². The summed E-state index contributed by atoms with van der Waals surface area (Å²) in [5.41, 5.74) is 4.26. The number of hydrogen-bond donors (Lipinski definition) is 0. The number of thiophene rings is 1. The van der Waals surface area contributed by atoms with Crippen molar-refractivity contribution in [1.29, 1.82) is 0 Å². The predicted molar refractivity (Wildman–Crippen MR) is 108 cm³/mol. The molecule has 24 heavy (non-hydrogen) atoms. The standard InChI is InChI=1S/C22H28OS/c1-5-6-7-8-9-10-17-11-12-18-19-13-14-20(23-4)16(3)22(19)24-21(18)15(17)2/h11-14H,5-10H2,1-4H3. The van der Waals surface area contributed by atoms with Crippen LogP contribution in [-0.2, 0) is 6.42 Å². The lowest BCUT2D eigenvalue weighted by atomic mass is 9.99. The van der Waals surface area contributed by atoms with Crippen LogP contribution in [0, 0.1) is 13.8 Å². The average Bonchev–Trinajstić information content (AvgIpc) is 2.97. The number of aryl methyl sites for hydroxylation is 3. The Bertz CT molecular complexity index is 844. The second-order valence-electron chi connectivity index (χ2n) is 6.76. The first-order chi connectivity index (χ1) is 11.7. The van der Waals surface area contributed by atoms with Crippen LogP contribution >= 0.6 is 11.3 Å². The highest BCUT2D eigenvalue weighted by molar-refractivity contribution is 7.26. The largest absolute Gasteiger partial charge is 0.496 e. The molecule has 0 spiro atoms. The molecule has 2 aromatic carbocycles. The van der Waals surface area contributed by atoms with Gasteiger partial charge in [0.05, 0.1) is 7.11 Å². The van der Waals surface area contributed by atoms with E-state index in [1.54, 1.807) is 7.11 Å². The highest BCUT2D eigenvalue weighted by Gasteiger charge is 2.13. The zero-order valence-corrected chi connectivity index (χ0v) is 16.2. The summed E-state index contributed by atoms with van der Waals surface area (Å²) in [5, 5.41) is 2.76. The first kappa shape index (κ1) is 17.3. The van der Waals surface area contributed by atoms with Gasteiger partial charge in [-0.05, 0) is 49.9 Å². The Labute approximate surface area is 149 Å². The number of fused-ring (bicyclic) bond motifs is 3. The minimum absolute atomic E-state index is 0.989. The van der Waals surface area contributed by atoms with Gasteiger partial charge in [0.2, 0.25) is 0 Å². The van der Waals surface area contributed by atoms with Crippen molar-refractivity contribution in [2.24, 2.45) is 0 Å². The predicted octanol–water partition coefficient (Wildman–Crippen LogP) is 7.19. The lowest BCUT2D eigenvalue weighted by molar-refractivity contribution is 0.412. The number of hydrogen-bond acceptors (Lipinski definition) is 2. The molecule has 0 saturated carbocycles. The fourth-order valence-electron chi connectivity index (χ4n) is 3.61. The fourth-order valence-corrected chi connectivity index (χ4v) is 4.92. The highest BCUT2D eigenvalue weighted by atomic mass is 32.1. The summed E-state index contributed by atoms with van der Waals surface area (Å²) in [5.74, 6) is 0.989. The molecule has 0 aliphatic carbocycles. The molecule has 0 aliphatic heterocycles. The van der Waals surface area contributed by atoms with E-state index >= 15 is 0 Å². The molecule has 1 aromatic heterocycles. The Kier molecular flexibility index (Phi) is 5.45. The van der Waals surface area contributed by atoms with Gasteiger partial charge in [-0.2, -0.15) is 0 Å². The second kappa shape index (κ2) is 7.57. The Hall–Kier alpha value is -1.54. The van der Waals surface area contributed by atoms with Crippen molar-refractivity contribution in [3.63, 3.8) is 0 Å². The van der Waals surface area contributed by atoms with E-state index in [1.165, 1.54) is 75.4 Å². The maximum absolute atomic E-state index is 5.50. The lowest BCUT2D eigenvalue weighted by Gasteiger charge is -2.07. The summed E-state index contributed by atoms with van der Waals surface area (Å²) in [6.45, 7) is 6.74. The van der Waals surface area contributed by atoms with Crippen LogP contribution in [0.25, 0.3) is 20.2 Å². The molecule has 0 bridgehead atoms. The maximum atomic E-state index is 5.50. The molecule has 0 saturated heterocycles. The highest BCUT2D eigenvalue weighted by Crippen LogP contribution is 2.41. The van der Waals surface area contributed by atoms with Crippen molar-refractivity contribution in [3.05, 3.63) is 41.0 Å². The summed E-state index contributed by atoms with van der Waals surface area (Å²) in [7, 11) is 1.75. The van der Waals surface area contributed by atoms with Crippen molar-refractivity contribution in [2.45, 2.75) is 59.3 Å². The van der Waals surface area contributed by atoms with Crippen molar-refractivity contribution < 1.29 is 4.74 Å². The van der Waals surface area contributed by atoms with E-state index in [4.69, 9.17) is 4.74 Å². The number of rotatable bonds is 7. The van der Waals surface area contributed by atoms with Crippen molar-refractivity contribution in [3.8, 4) is 5.75 Å². The molecule has 2 heteroatoms. The summed E-state index contributed by atoms with van der Waals surface area (Å²) >= 11 is 1.93. The molecular formula is C22H28OS. The minimum atomic E-state index is 0.989. The molecule has 1 heterocycles.